The number of non-ortho nitro benzene ring substituents is 1. The molecule has 196 valence electrons. The van der Waals surface area contributed by atoms with Crippen LogP contribution in [0.4, 0.5) is 5.69 Å². The fourth-order valence-corrected chi connectivity index (χ4v) is 4.68. The number of rotatable bonds is 13. The number of nitrogens with one attached hydrogen (secondary N) is 1. The van der Waals surface area contributed by atoms with E-state index in [1.165, 1.54) is 17.0 Å². The summed E-state index contributed by atoms with van der Waals surface area (Å²) in [6, 6.07) is 26.3. The zero-order chi connectivity index (χ0) is 26.9. The van der Waals surface area contributed by atoms with Gasteiger partial charge in [0.1, 0.15) is 5.75 Å². The van der Waals surface area contributed by atoms with Gasteiger partial charge in [-0.3, -0.25) is 10.1 Å². The third-order valence-electron chi connectivity index (χ3n) is 6.81. The molecule has 0 saturated heterocycles. The minimum atomic E-state index is -0.940. The molecule has 0 amide bonds. The first-order valence-electron chi connectivity index (χ1n) is 12.8. The van der Waals surface area contributed by atoms with Crippen LogP contribution in [-0.4, -0.2) is 29.7 Å². The molecule has 4 aromatic carbocycles. The summed E-state index contributed by atoms with van der Waals surface area (Å²) in [7, 11) is 1.67. The Morgan fingerprint density at radius 1 is 0.921 bits per heavy atom. The number of hydrogen-bond donors (Lipinski definition) is 2. The minimum Gasteiger partial charge on any atom is -0.497 e. The number of nitro benzene ring substituents is 1. The van der Waals surface area contributed by atoms with Gasteiger partial charge in [-0.2, -0.15) is 0 Å². The Hall–Kier alpha value is -4.23. The third kappa shape index (κ3) is 7.17. The summed E-state index contributed by atoms with van der Waals surface area (Å²) >= 11 is 0. The van der Waals surface area contributed by atoms with Gasteiger partial charge >= 0.3 is 5.97 Å². The van der Waals surface area contributed by atoms with Crippen molar-refractivity contribution in [2.75, 3.05) is 13.7 Å². The van der Waals surface area contributed by atoms with Gasteiger partial charge < -0.3 is 15.2 Å². The van der Waals surface area contributed by atoms with Gasteiger partial charge in [0.25, 0.3) is 5.69 Å². The second-order valence-corrected chi connectivity index (χ2v) is 9.40. The lowest BCUT2D eigenvalue weighted by molar-refractivity contribution is -0.384. The standard InChI is InChI=1S/C31H32N2O5/c1-38-29-16-15-25-19-23(11-14-26(25)21-29)5-2-3-8-30(27-6-4-7-28(20-27)33(36)37)32-18-17-22-9-12-24(13-10-22)31(34)35/h4,6-7,9-16,19-21,30,32H,2-3,5,8,17-18H2,1H3,(H,34,35). The number of nitro groups is 1. The number of aromatic carboxylic acids is 1. The molecule has 1 atom stereocenters. The number of carboxylic acids is 1. The number of hydrogen-bond acceptors (Lipinski definition) is 5. The van der Waals surface area contributed by atoms with Gasteiger partial charge in [-0.25, -0.2) is 4.79 Å². The number of nitrogens with zero attached hydrogens (tertiary/aromatic N) is 1. The highest BCUT2D eigenvalue weighted by Crippen LogP contribution is 2.26. The van der Waals surface area contributed by atoms with Crippen molar-refractivity contribution in [3.8, 4) is 5.75 Å². The molecule has 0 aliphatic carbocycles. The van der Waals surface area contributed by atoms with Crippen LogP contribution < -0.4 is 10.1 Å². The van der Waals surface area contributed by atoms with Crippen molar-refractivity contribution in [1.29, 1.82) is 0 Å². The van der Waals surface area contributed by atoms with E-state index in [2.05, 4.69) is 29.6 Å². The van der Waals surface area contributed by atoms with Crippen LogP contribution in [0.2, 0.25) is 0 Å². The van der Waals surface area contributed by atoms with Crippen LogP contribution >= 0.6 is 0 Å². The average molecular weight is 513 g/mol. The van der Waals surface area contributed by atoms with Crippen molar-refractivity contribution >= 4 is 22.4 Å². The van der Waals surface area contributed by atoms with Gasteiger partial charge in [-0.15, -0.1) is 0 Å². The van der Waals surface area contributed by atoms with Gasteiger partial charge in [0.05, 0.1) is 17.6 Å². The maximum Gasteiger partial charge on any atom is 0.335 e. The summed E-state index contributed by atoms with van der Waals surface area (Å²) in [6.07, 6.45) is 4.51. The van der Waals surface area contributed by atoms with Crippen molar-refractivity contribution in [3.05, 3.63) is 117 Å². The molecule has 0 radical (unpaired) electrons. The summed E-state index contributed by atoms with van der Waals surface area (Å²) in [5.41, 5.74) is 3.58. The quantitative estimate of drug-likeness (QED) is 0.117. The van der Waals surface area contributed by atoms with Crippen molar-refractivity contribution < 1.29 is 19.6 Å². The molecular formula is C31H32N2O5. The Morgan fingerprint density at radius 3 is 2.39 bits per heavy atom. The molecule has 0 spiro atoms. The van der Waals surface area contributed by atoms with Gasteiger partial charge in [0.2, 0.25) is 0 Å². The van der Waals surface area contributed by atoms with E-state index < -0.39 is 5.97 Å². The normalized spacial score (nSPS) is 11.8. The van der Waals surface area contributed by atoms with E-state index in [0.717, 1.165) is 54.4 Å². The molecule has 0 aromatic heterocycles. The van der Waals surface area contributed by atoms with Crippen molar-refractivity contribution in [2.45, 2.75) is 38.1 Å². The highest BCUT2D eigenvalue weighted by atomic mass is 16.6. The topological polar surface area (TPSA) is 102 Å². The number of carbonyl (C=O) groups is 1. The first kappa shape index (κ1) is 26.8. The predicted octanol–water partition coefficient (Wildman–Crippen LogP) is 6.74. The Bertz CT molecular complexity index is 1400. The van der Waals surface area contributed by atoms with Crippen molar-refractivity contribution in [2.24, 2.45) is 0 Å². The van der Waals surface area contributed by atoms with E-state index in [1.54, 1.807) is 31.4 Å². The molecule has 0 fully saturated rings. The van der Waals surface area contributed by atoms with Crippen LogP contribution in [0.5, 0.6) is 5.75 Å². The number of benzene rings is 4. The summed E-state index contributed by atoms with van der Waals surface area (Å²) in [5, 5.41) is 26.3. The van der Waals surface area contributed by atoms with E-state index >= 15 is 0 Å². The van der Waals surface area contributed by atoms with Crippen LogP contribution in [-0.2, 0) is 12.8 Å². The third-order valence-corrected chi connectivity index (χ3v) is 6.81. The molecule has 7 heteroatoms. The van der Waals surface area contributed by atoms with E-state index in [0.29, 0.717) is 6.54 Å². The minimum absolute atomic E-state index is 0.0164. The van der Waals surface area contributed by atoms with E-state index in [1.807, 2.05) is 30.3 Å². The first-order valence-corrected chi connectivity index (χ1v) is 12.8. The highest BCUT2D eigenvalue weighted by molar-refractivity contribution is 5.87. The molecule has 1 unspecified atom stereocenters. The highest BCUT2D eigenvalue weighted by Gasteiger charge is 2.15. The lowest BCUT2D eigenvalue weighted by atomic mass is 9.97. The largest absolute Gasteiger partial charge is 0.497 e. The Labute approximate surface area is 222 Å². The lowest BCUT2D eigenvalue weighted by Crippen LogP contribution is -2.24. The number of fused-ring (bicyclic) bond motifs is 1. The number of carboxylic acid groups (broad SMARTS) is 1. The predicted molar refractivity (Wildman–Crippen MR) is 149 cm³/mol. The molecule has 0 aliphatic rings. The van der Waals surface area contributed by atoms with Crippen molar-refractivity contribution in [1.82, 2.24) is 5.32 Å². The molecule has 0 saturated carbocycles. The summed E-state index contributed by atoms with van der Waals surface area (Å²) in [5.74, 6) is -0.0912. The SMILES string of the molecule is COc1ccc2cc(CCCCC(NCCc3ccc(C(=O)O)cc3)c3cccc([N+](=O)[O-])c3)ccc2c1. The van der Waals surface area contributed by atoms with E-state index in [-0.39, 0.29) is 22.2 Å². The lowest BCUT2D eigenvalue weighted by Gasteiger charge is -2.19. The Balaban J connectivity index is 1.36. The average Bonchev–Trinajstić information content (AvgIpc) is 2.94. The molecular weight excluding hydrogens is 480 g/mol. The fourth-order valence-electron chi connectivity index (χ4n) is 4.68. The van der Waals surface area contributed by atoms with Crippen molar-refractivity contribution in [3.63, 3.8) is 0 Å². The molecule has 4 rings (SSSR count). The van der Waals surface area contributed by atoms with Gasteiger partial charge in [0.15, 0.2) is 0 Å². The molecule has 4 aromatic rings. The second-order valence-electron chi connectivity index (χ2n) is 9.40. The maximum atomic E-state index is 11.3. The summed E-state index contributed by atoms with van der Waals surface area (Å²) in [4.78, 5) is 22.1. The summed E-state index contributed by atoms with van der Waals surface area (Å²) in [6.45, 7) is 0.675. The first-order chi connectivity index (χ1) is 18.4. The molecule has 38 heavy (non-hydrogen) atoms. The van der Waals surface area contributed by atoms with Crippen LogP contribution in [0.15, 0.2) is 84.9 Å². The summed E-state index contributed by atoms with van der Waals surface area (Å²) < 4.78 is 5.31. The molecule has 0 aliphatic heterocycles. The van der Waals surface area contributed by atoms with Gasteiger partial charge in [-0.1, -0.05) is 55.0 Å². The van der Waals surface area contributed by atoms with Gasteiger partial charge in [0, 0.05) is 18.2 Å². The molecule has 0 bridgehead atoms. The van der Waals surface area contributed by atoms with Gasteiger partial charge in [-0.05, 0) is 84.0 Å². The zero-order valence-electron chi connectivity index (χ0n) is 21.4. The Morgan fingerprint density at radius 2 is 1.66 bits per heavy atom. The van der Waals surface area contributed by atoms with E-state index in [9.17, 15) is 14.9 Å². The molecule has 0 heterocycles. The van der Waals surface area contributed by atoms with Crippen LogP contribution in [0.3, 0.4) is 0 Å². The smallest absolute Gasteiger partial charge is 0.335 e. The Kier molecular flexibility index (Phi) is 9.06. The number of methoxy groups -OCH3 is 1. The molecule has 7 nitrogen and oxygen atoms in total. The zero-order valence-corrected chi connectivity index (χ0v) is 21.4. The number of unbranched alkanes of at least 4 members (excludes halogenated alkanes) is 1. The maximum absolute atomic E-state index is 11.3. The second kappa shape index (κ2) is 12.8. The van der Waals surface area contributed by atoms with E-state index in [4.69, 9.17) is 9.84 Å². The van der Waals surface area contributed by atoms with Crippen LogP contribution in [0.1, 0.15) is 52.4 Å². The molecule has 2 N–H and O–H groups in total. The monoisotopic (exact) mass is 512 g/mol. The van der Waals surface area contributed by atoms with Crippen LogP contribution in [0, 0.1) is 10.1 Å². The number of aryl methyl sites for hydroxylation is 1. The fraction of sp³-hybridized carbons (Fsp3) is 0.258. The number of ether oxygens (including phenoxy) is 1. The van der Waals surface area contributed by atoms with Crippen LogP contribution in [0.25, 0.3) is 10.8 Å².